The molecule has 2 unspecified atom stereocenters. The molecule has 0 amide bonds. The number of unbranched alkanes of at least 4 members (excludes halogenated alkanes) is 16. The number of carbonyl (C=O) groups excluding carboxylic acids is 1. The Balaban J connectivity index is 4.09. The van der Waals surface area contributed by atoms with E-state index in [2.05, 4.69) is 86.8 Å². The van der Waals surface area contributed by atoms with Gasteiger partial charge < -0.3 is 18.9 Å². The number of hydrogen-bond donors (Lipinski definition) is 1. The number of phosphoric acid groups is 1. The summed E-state index contributed by atoms with van der Waals surface area (Å²) in [5, 5.41) is 0. The highest BCUT2D eigenvalue weighted by molar-refractivity contribution is 7.47. The Kier molecular flexibility index (Phi) is 40.2. The number of esters is 1. The second-order valence-corrected chi connectivity index (χ2v) is 17.9. The lowest BCUT2D eigenvalue weighted by molar-refractivity contribution is -0.870. The van der Waals surface area contributed by atoms with Gasteiger partial charge in [-0.3, -0.25) is 13.8 Å². The van der Waals surface area contributed by atoms with Gasteiger partial charge in [-0.15, -0.1) is 0 Å². The highest BCUT2D eigenvalue weighted by atomic mass is 31.2. The molecule has 58 heavy (non-hydrogen) atoms. The lowest BCUT2D eigenvalue weighted by atomic mass is 10.1. The normalized spacial score (nSPS) is 14.4. The molecule has 9 heteroatoms. The third kappa shape index (κ3) is 45.0. The van der Waals surface area contributed by atoms with Crippen LogP contribution in [-0.2, 0) is 27.9 Å². The Morgan fingerprint density at radius 2 is 1.00 bits per heavy atom. The number of rotatable bonds is 42. The molecule has 0 bridgehead atoms. The molecule has 0 aromatic carbocycles. The Hall–Kier alpha value is -2.06. The van der Waals surface area contributed by atoms with E-state index in [1.807, 2.05) is 21.1 Å². The van der Waals surface area contributed by atoms with E-state index >= 15 is 0 Å². The average Bonchev–Trinajstić information content (AvgIpc) is 3.18. The highest BCUT2D eigenvalue weighted by Gasteiger charge is 2.26. The molecule has 0 aliphatic rings. The molecule has 8 nitrogen and oxygen atoms in total. The smallest absolute Gasteiger partial charge is 0.457 e. The van der Waals surface area contributed by atoms with E-state index in [0.717, 1.165) is 83.5 Å². The molecule has 0 aliphatic carbocycles. The maximum absolute atomic E-state index is 12.6. The van der Waals surface area contributed by atoms with E-state index in [4.69, 9.17) is 18.5 Å². The quantitative estimate of drug-likeness (QED) is 0.0215. The van der Waals surface area contributed by atoms with Crippen molar-refractivity contribution in [2.24, 2.45) is 0 Å². The van der Waals surface area contributed by atoms with Gasteiger partial charge in [0.15, 0.2) is 0 Å². The first-order chi connectivity index (χ1) is 28.1. The summed E-state index contributed by atoms with van der Waals surface area (Å²) in [6.07, 6.45) is 53.8. The SMILES string of the molecule is CC/C=C\C/C=C\C/C=C\C/C=C\C/C=C\CCCCCCCCCCCCOCC(COP(=O)(O)OCC[N+](C)(C)C)OC(=O)CCCCCCC/C=C\CCC. The van der Waals surface area contributed by atoms with Crippen molar-refractivity contribution in [3.8, 4) is 0 Å². The summed E-state index contributed by atoms with van der Waals surface area (Å²) in [4.78, 5) is 22.8. The van der Waals surface area contributed by atoms with Crippen LogP contribution in [0.4, 0.5) is 0 Å². The van der Waals surface area contributed by atoms with Crippen molar-refractivity contribution in [3.05, 3.63) is 72.9 Å². The molecule has 0 aromatic rings. The molecule has 0 saturated carbocycles. The molecule has 0 rings (SSSR count). The van der Waals surface area contributed by atoms with Crippen LogP contribution in [0.3, 0.4) is 0 Å². The maximum Gasteiger partial charge on any atom is 0.472 e. The number of phosphoric ester groups is 1. The zero-order chi connectivity index (χ0) is 42.7. The second kappa shape index (κ2) is 41.7. The van der Waals surface area contributed by atoms with Gasteiger partial charge in [0.25, 0.3) is 0 Å². The first kappa shape index (κ1) is 55.9. The number of quaternary nitrogens is 1. The number of hydrogen-bond acceptors (Lipinski definition) is 6. The van der Waals surface area contributed by atoms with Crippen molar-refractivity contribution >= 4 is 13.8 Å². The van der Waals surface area contributed by atoms with Gasteiger partial charge in [0, 0.05) is 13.0 Å². The number of nitrogens with zero attached hydrogens (tertiary/aromatic N) is 1. The Bertz CT molecular complexity index is 1150. The molecule has 2 atom stereocenters. The number of carbonyl (C=O) groups is 1. The third-order valence-electron chi connectivity index (χ3n) is 9.48. The highest BCUT2D eigenvalue weighted by Crippen LogP contribution is 2.43. The van der Waals surface area contributed by atoms with Gasteiger partial charge in [0.1, 0.15) is 19.3 Å². The van der Waals surface area contributed by atoms with Crippen molar-refractivity contribution in [1.82, 2.24) is 0 Å². The minimum Gasteiger partial charge on any atom is -0.457 e. The van der Waals surface area contributed by atoms with Crippen LogP contribution in [0.1, 0.15) is 174 Å². The zero-order valence-electron chi connectivity index (χ0n) is 38.0. The van der Waals surface area contributed by atoms with Gasteiger partial charge in [0.2, 0.25) is 0 Å². The minimum atomic E-state index is -4.28. The first-order valence-electron chi connectivity index (χ1n) is 23.2. The Labute approximate surface area is 357 Å². The molecule has 0 fully saturated rings. The molecule has 0 spiro atoms. The van der Waals surface area contributed by atoms with Crippen LogP contribution in [0.2, 0.25) is 0 Å². The van der Waals surface area contributed by atoms with Crippen molar-refractivity contribution in [2.45, 2.75) is 180 Å². The van der Waals surface area contributed by atoms with Crippen molar-refractivity contribution < 1.29 is 37.3 Å². The van der Waals surface area contributed by atoms with Crippen LogP contribution in [-0.4, -0.2) is 75.6 Å². The Morgan fingerprint density at radius 3 is 1.52 bits per heavy atom. The van der Waals surface area contributed by atoms with Crippen molar-refractivity contribution in [3.63, 3.8) is 0 Å². The standard InChI is InChI=1S/C49H88NO7P/c1-6-8-10-12-14-16-18-19-20-21-22-23-24-25-26-27-28-29-30-31-32-33-35-37-39-41-44-54-46-48(47-56-58(52,53)55-45-43-50(3,4)5)57-49(51)42-40-38-36-34-17-15-13-11-9-7-2/h8,10-11,13-14,16,19-20,22-23,25-26,48H,6-7,9,12,15,17-18,21,24,27-47H2,1-5H3/p+1/b10-8-,13-11-,16-14-,20-19-,23-22-,26-25-. The van der Waals surface area contributed by atoms with Gasteiger partial charge in [-0.25, -0.2) is 4.57 Å². The van der Waals surface area contributed by atoms with Crippen LogP contribution < -0.4 is 0 Å². The van der Waals surface area contributed by atoms with E-state index in [1.165, 1.54) is 70.6 Å². The summed E-state index contributed by atoms with van der Waals surface area (Å²) in [6, 6.07) is 0. The van der Waals surface area contributed by atoms with Gasteiger partial charge in [0.05, 0.1) is 34.4 Å². The zero-order valence-corrected chi connectivity index (χ0v) is 38.9. The molecular formula is C49H89NO7P+. The lowest BCUT2D eigenvalue weighted by Crippen LogP contribution is -2.37. The van der Waals surface area contributed by atoms with Crippen LogP contribution in [0.25, 0.3) is 0 Å². The predicted octanol–water partition coefficient (Wildman–Crippen LogP) is 13.9. The second-order valence-electron chi connectivity index (χ2n) is 16.4. The fourth-order valence-corrected chi connectivity index (χ4v) is 6.68. The molecule has 336 valence electrons. The van der Waals surface area contributed by atoms with Gasteiger partial charge in [-0.05, 0) is 77.0 Å². The van der Waals surface area contributed by atoms with Crippen molar-refractivity contribution in [2.75, 3.05) is 54.1 Å². The fraction of sp³-hybridized carbons (Fsp3) is 0.735. The topological polar surface area (TPSA) is 91.3 Å². The third-order valence-corrected chi connectivity index (χ3v) is 10.5. The fourth-order valence-electron chi connectivity index (χ4n) is 5.93. The van der Waals surface area contributed by atoms with Crippen molar-refractivity contribution in [1.29, 1.82) is 0 Å². The largest absolute Gasteiger partial charge is 0.472 e. The van der Waals surface area contributed by atoms with Crippen LogP contribution in [0.15, 0.2) is 72.9 Å². The summed E-state index contributed by atoms with van der Waals surface area (Å²) in [5.74, 6) is -0.330. The van der Waals surface area contributed by atoms with Crippen LogP contribution >= 0.6 is 7.82 Å². The molecule has 0 heterocycles. The number of allylic oxidation sites excluding steroid dienone is 12. The van der Waals surface area contributed by atoms with Gasteiger partial charge >= 0.3 is 13.8 Å². The average molecular weight is 835 g/mol. The number of likely N-dealkylation sites (N-methyl/N-ethyl adjacent to an activating group) is 1. The summed E-state index contributed by atoms with van der Waals surface area (Å²) in [7, 11) is 1.65. The van der Waals surface area contributed by atoms with E-state index in [-0.39, 0.29) is 25.8 Å². The molecule has 0 radical (unpaired) electrons. The summed E-state index contributed by atoms with van der Waals surface area (Å²) >= 11 is 0. The first-order valence-corrected chi connectivity index (χ1v) is 24.7. The maximum atomic E-state index is 12.6. The molecule has 0 aromatic heterocycles. The molecule has 0 saturated heterocycles. The summed E-state index contributed by atoms with van der Waals surface area (Å²) in [5.41, 5.74) is 0. The molecular weight excluding hydrogens is 746 g/mol. The van der Waals surface area contributed by atoms with E-state index < -0.39 is 13.9 Å². The van der Waals surface area contributed by atoms with Crippen LogP contribution in [0.5, 0.6) is 0 Å². The lowest BCUT2D eigenvalue weighted by Gasteiger charge is -2.24. The molecule has 1 N–H and O–H groups in total. The van der Waals surface area contributed by atoms with E-state index in [0.29, 0.717) is 24.1 Å². The Morgan fingerprint density at radius 1 is 0.552 bits per heavy atom. The van der Waals surface area contributed by atoms with E-state index in [9.17, 15) is 14.3 Å². The minimum absolute atomic E-state index is 0.0830. The van der Waals surface area contributed by atoms with Crippen LogP contribution in [0, 0.1) is 0 Å². The summed E-state index contributed by atoms with van der Waals surface area (Å²) in [6.45, 7) is 5.41. The summed E-state index contributed by atoms with van der Waals surface area (Å²) < 4.78 is 35.0. The molecule has 0 aliphatic heterocycles. The monoisotopic (exact) mass is 835 g/mol. The van der Waals surface area contributed by atoms with Gasteiger partial charge in [-0.2, -0.15) is 0 Å². The number of ether oxygens (including phenoxy) is 2. The van der Waals surface area contributed by atoms with Gasteiger partial charge in [-0.1, -0.05) is 164 Å². The van der Waals surface area contributed by atoms with E-state index in [1.54, 1.807) is 0 Å². The predicted molar refractivity (Wildman–Crippen MR) is 247 cm³/mol.